The van der Waals surface area contributed by atoms with Crippen molar-refractivity contribution in [1.29, 1.82) is 0 Å². The van der Waals surface area contributed by atoms with Crippen molar-refractivity contribution in [2.75, 3.05) is 13.1 Å². The van der Waals surface area contributed by atoms with Crippen LogP contribution in [-0.2, 0) is 0 Å². The molecule has 1 aliphatic heterocycles. The van der Waals surface area contributed by atoms with Gasteiger partial charge in [0.05, 0.1) is 0 Å². The van der Waals surface area contributed by atoms with E-state index in [1.54, 1.807) is 0 Å². The number of rotatable bonds is 0. The minimum atomic E-state index is 0. The maximum atomic E-state index is 4.08. The quantitative estimate of drug-likeness (QED) is 0.347. The van der Waals surface area contributed by atoms with Crippen LogP contribution in [0, 0.1) is 14.9 Å². The number of hydrogen-bond donors (Lipinski definition) is 0. The average Bonchev–Trinajstić information content (AvgIpc) is 1.76. The third kappa shape index (κ3) is 6.49. The molecule has 1 rings (SSSR count). The normalized spacial score (nSPS) is 15.0. The Hall–Kier alpha value is 0.492. The van der Waals surface area contributed by atoms with Crippen LogP contribution in [0.2, 0.25) is 0 Å². The summed E-state index contributed by atoms with van der Waals surface area (Å²) in [6, 6.07) is 0. The molecule has 0 radical (unpaired) electrons. The zero-order valence-electron chi connectivity index (χ0n) is 5.85. The van der Waals surface area contributed by atoms with Gasteiger partial charge in [0.1, 0.15) is 0 Å². The Morgan fingerprint density at radius 2 is 1.25 bits per heavy atom. The summed E-state index contributed by atoms with van der Waals surface area (Å²) in [6.45, 7) is 2.25. The van der Waals surface area contributed by atoms with Gasteiger partial charge in [-0.3, -0.25) is 0 Å². The first-order chi connectivity index (χ1) is 2.50. The van der Waals surface area contributed by atoms with Crippen molar-refractivity contribution in [3.8, 4) is 0 Å². The predicted molar refractivity (Wildman–Crippen MR) is 40.9 cm³/mol. The first kappa shape index (κ1) is 15.8. The molecule has 0 unspecified atom stereocenters. The second kappa shape index (κ2) is 10.5. The van der Waals surface area contributed by atoms with E-state index in [-0.39, 0.29) is 32.2 Å². The van der Waals surface area contributed by atoms with Crippen LogP contribution < -0.4 is 0 Å². The molecule has 0 aromatic rings. The molecule has 0 aliphatic carbocycles. The Kier molecular flexibility index (Phi) is 20.7. The van der Waals surface area contributed by atoms with E-state index in [4.69, 9.17) is 0 Å². The standard InChI is InChI=1S/C4H8N.2CH3.Al/c1-2-4-5-3-1;;;/h1-4H2;2*1H3;/q3*-1;+3. The predicted octanol–water partition coefficient (Wildman–Crippen LogP) is 1.67. The summed E-state index contributed by atoms with van der Waals surface area (Å²) in [7, 11) is 0. The van der Waals surface area contributed by atoms with Gasteiger partial charge >= 0.3 is 17.4 Å². The van der Waals surface area contributed by atoms with Crippen LogP contribution >= 0.6 is 0 Å². The van der Waals surface area contributed by atoms with Crippen LogP contribution in [-0.4, -0.2) is 30.5 Å². The first-order valence-electron chi connectivity index (χ1n) is 2.13. The Balaban J connectivity index is -0.0000000833. The fourth-order valence-electron chi connectivity index (χ4n) is 0.559. The summed E-state index contributed by atoms with van der Waals surface area (Å²) in [6.07, 6.45) is 2.67. The Morgan fingerprint density at radius 3 is 1.38 bits per heavy atom. The molecule has 0 amide bonds. The minimum Gasteiger partial charge on any atom is -0.662 e. The van der Waals surface area contributed by atoms with E-state index in [1.165, 1.54) is 12.8 Å². The molecule has 0 saturated carbocycles. The van der Waals surface area contributed by atoms with Gasteiger partial charge in [-0.1, -0.05) is 12.8 Å². The largest absolute Gasteiger partial charge is 3.00 e. The SMILES string of the molecule is C1CC[N-]C1.[Al+3].[CH3-].[CH3-]. The molecular weight excluding hydrogens is 113 g/mol. The number of nitrogens with zero attached hydrogens (tertiary/aromatic N) is 1. The van der Waals surface area contributed by atoms with Crippen LogP contribution in [0.5, 0.6) is 0 Å². The van der Waals surface area contributed by atoms with Crippen LogP contribution in [0.25, 0.3) is 5.32 Å². The van der Waals surface area contributed by atoms with Gasteiger partial charge in [-0.15, -0.1) is 13.1 Å². The fourth-order valence-corrected chi connectivity index (χ4v) is 0.559. The topological polar surface area (TPSA) is 14.1 Å². The van der Waals surface area contributed by atoms with Crippen molar-refractivity contribution in [2.45, 2.75) is 12.8 Å². The third-order valence-corrected chi connectivity index (χ3v) is 0.882. The first-order valence-corrected chi connectivity index (χ1v) is 2.13. The van der Waals surface area contributed by atoms with Crippen molar-refractivity contribution in [3.63, 3.8) is 0 Å². The van der Waals surface area contributed by atoms with Crippen molar-refractivity contribution < 1.29 is 0 Å². The van der Waals surface area contributed by atoms with E-state index in [9.17, 15) is 0 Å². The van der Waals surface area contributed by atoms with Gasteiger partial charge in [-0.25, -0.2) is 0 Å². The molecular formula is C6H14AlN. The van der Waals surface area contributed by atoms with Crippen molar-refractivity contribution in [1.82, 2.24) is 0 Å². The zero-order chi connectivity index (χ0) is 3.54. The molecule has 1 saturated heterocycles. The second-order valence-corrected chi connectivity index (χ2v) is 1.38. The van der Waals surface area contributed by atoms with E-state index in [0.717, 1.165) is 13.1 Å². The molecule has 1 fully saturated rings. The van der Waals surface area contributed by atoms with Gasteiger partial charge in [0.15, 0.2) is 0 Å². The van der Waals surface area contributed by atoms with E-state index < -0.39 is 0 Å². The van der Waals surface area contributed by atoms with Gasteiger partial charge in [-0.2, -0.15) is 0 Å². The van der Waals surface area contributed by atoms with E-state index in [1.807, 2.05) is 0 Å². The molecule has 1 heterocycles. The zero-order valence-corrected chi connectivity index (χ0v) is 7.01. The van der Waals surface area contributed by atoms with Gasteiger partial charge < -0.3 is 20.2 Å². The van der Waals surface area contributed by atoms with E-state index in [0.29, 0.717) is 0 Å². The third-order valence-electron chi connectivity index (χ3n) is 0.882. The molecule has 0 atom stereocenters. The molecule has 0 N–H and O–H groups in total. The Morgan fingerprint density at radius 1 is 0.875 bits per heavy atom. The summed E-state index contributed by atoms with van der Waals surface area (Å²) in [5.74, 6) is 0. The maximum Gasteiger partial charge on any atom is 3.00 e. The van der Waals surface area contributed by atoms with Gasteiger partial charge in [0.2, 0.25) is 0 Å². The molecule has 8 heavy (non-hydrogen) atoms. The molecule has 0 bridgehead atoms. The summed E-state index contributed by atoms with van der Waals surface area (Å²) < 4.78 is 0. The van der Waals surface area contributed by atoms with Crippen LogP contribution in [0.1, 0.15) is 12.8 Å². The summed E-state index contributed by atoms with van der Waals surface area (Å²) >= 11 is 0. The Bertz CT molecular complexity index is 20.1. The van der Waals surface area contributed by atoms with E-state index in [2.05, 4.69) is 5.32 Å². The average molecular weight is 127 g/mol. The Labute approximate surface area is 64.0 Å². The summed E-state index contributed by atoms with van der Waals surface area (Å²) in [5.41, 5.74) is 0. The molecule has 1 aliphatic rings. The van der Waals surface area contributed by atoms with Crippen LogP contribution in [0.15, 0.2) is 0 Å². The molecule has 0 aromatic heterocycles. The van der Waals surface area contributed by atoms with Gasteiger partial charge in [0, 0.05) is 0 Å². The van der Waals surface area contributed by atoms with Crippen LogP contribution in [0.4, 0.5) is 0 Å². The van der Waals surface area contributed by atoms with Crippen LogP contribution in [0.3, 0.4) is 0 Å². The summed E-state index contributed by atoms with van der Waals surface area (Å²) in [5, 5.41) is 4.08. The van der Waals surface area contributed by atoms with Gasteiger partial charge in [-0.05, 0) is 0 Å². The molecule has 0 spiro atoms. The molecule has 0 aromatic carbocycles. The van der Waals surface area contributed by atoms with Crippen molar-refractivity contribution >= 4 is 17.4 Å². The van der Waals surface area contributed by atoms with Gasteiger partial charge in [0.25, 0.3) is 0 Å². The van der Waals surface area contributed by atoms with Crippen molar-refractivity contribution in [3.05, 3.63) is 20.2 Å². The smallest absolute Gasteiger partial charge is 0.662 e. The molecule has 2 heteroatoms. The minimum absolute atomic E-state index is 0. The monoisotopic (exact) mass is 127 g/mol. The fraction of sp³-hybridized carbons (Fsp3) is 0.667. The molecule has 1 nitrogen and oxygen atoms in total. The van der Waals surface area contributed by atoms with Crippen molar-refractivity contribution in [2.24, 2.45) is 0 Å². The number of hydrogen-bond acceptors (Lipinski definition) is 0. The van der Waals surface area contributed by atoms with E-state index >= 15 is 0 Å². The summed E-state index contributed by atoms with van der Waals surface area (Å²) in [4.78, 5) is 0. The second-order valence-electron chi connectivity index (χ2n) is 1.38. The maximum absolute atomic E-state index is 4.08. The molecule has 46 valence electrons.